The second-order valence-electron chi connectivity index (χ2n) is 3.49. The fourth-order valence-corrected chi connectivity index (χ4v) is 1.19. The maximum Gasteiger partial charge on any atom is 0.219 e. The van der Waals surface area contributed by atoms with Crippen LogP contribution in [0.5, 0.6) is 0 Å². The van der Waals surface area contributed by atoms with Crippen molar-refractivity contribution in [3.05, 3.63) is 0 Å². The van der Waals surface area contributed by atoms with Gasteiger partial charge in [-0.1, -0.05) is 5.92 Å². The van der Waals surface area contributed by atoms with Crippen LogP contribution in [-0.2, 0) is 14.3 Å². The van der Waals surface area contributed by atoms with E-state index >= 15 is 0 Å². The first-order valence-electron chi connectivity index (χ1n) is 6.13. The van der Waals surface area contributed by atoms with Crippen molar-refractivity contribution in [3.8, 4) is 11.8 Å². The van der Waals surface area contributed by atoms with Gasteiger partial charge in [-0.3, -0.25) is 4.79 Å². The van der Waals surface area contributed by atoms with Gasteiger partial charge in [-0.15, -0.1) is 0 Å². The van der Waals surface area contributed by atoms with E-state index in [0.717, 1.165) is 39.2 Å². The van der Waals surface area contributed by atoms with Crippen LogP contribution < -0.4 is 5.32 Å². The molecule has 0 aromatic carbocycles. The minimum Gasteiger partial charge on any atom is -0.382 e. The van der Waals surface area contributed by atoms with Gasteiger partial charge in [0, 0.05) is 26.4 Å². The predicted molar refractivity (Wildman–Crippen MR) is 67.9 cm³/mol. The maximum absolute atomic E-state index is 11.0. The average molecular weight is 241 g/mol. The third-order valence-corrected chi connectivity index (χ3v) is 1.97. The summed E-state index contributed by atoms with van der Waals surface area (Å²) in [6.45, 7) is 7.73. The second-order valence-corrected chi connectivity index (χ2v) is 3.49. The van der Waals surface area contributed by atoms with Crippen molar-refractivity contribution >= 4 is 5.78 Å². The topological polar surface area (TPSA) is 47.6 Å². The van der Waals surface area contributed by atoms with E-state index in [-0.39, 0.29) is 5.78 Å². The van der Waals surface area contributed by atoms with Gasteiger partial charge in [0.1, 0.15) is 0 Å². The number of ketones is 1. The molecule has 0 fully saturated rings. The molecule has 0 aromatic heterocycles. The lowest BCUT2D eigenvalue weighted by Crippen LogP contribution is -2.23. The van der Waals surface area contributed by atoms with E-state index in [9.17, 15) is 4.79 Å². The molecule has 1 N–H and O–H groups in total. The number of nitrogens with one attached hydrogen (secondary N) is 1. The van der Waals surface area contributed by atoms with E-state index in [0.29, 0.717) is 13.2 Å². The fraction of sp³-hybridized carbons (Fsp3) is 0.769. The van der Waals surface area contributed by atoms with Crippen molar-refractivity contribution in [1.29, 1.82) is 0 Å². The molecule has 0 spiro atoms. The lowest BCUT2D eigenvalue weighted by molar-refractivity contribution is -0.113. The standard InChI is InChI=1S/C13H23NO3/c1-3-7-13(15)12-14-8-5-9-17-11-6-10-16-4-2/h14H,4-6,8-12H2,1-2H3. The lowest BCUT2D eigenvalue weighted by atomic mass is 10.3. The average Bonchev–Trinajstić information content (AvgIpc) is 2.32. The quantitative estimate of drug-likeness (QED) is 0.333. The van der Waals surface area contributed by atoms with E-state index in [2.05, 4.69) is 17.2 Å². The molecule has 0 aliphatic rings. The number of rotatable bonds is 11. The molecule has 0 rings (SSSR count). The Morgan fingerprint density at radius 3 is 2.59 bits per heavy atom. The highest BCUT2D eigenvalue weighted by molar-refractivity contribution is 5.96. The van der Waals surface area contributed by atoms with Crippen LogP contribution in [0.15, 0.2) is 0 Å². The van der Waals surface area contributed by atoms with E-state index in [1.165, 1.54) is 0 Å². The highest BCUT2D eigenvalue weighted by Gasteiger charge is 1.95. The Hall–Kier alpha value is -0.890. The molecule has 0 saturated carbocycles. The van der Waals surface area contributed by atoms with Gasteiger partial charge in [0.05, 0.1) is 6.54 Å². The van der Waals surface area contributed by atoms with Gasteiger partial charge in [0.15, 0.2) is 0 Å². The van der Waals surface area contributed by atoms with Crippen LogP contribution in [0, 0.1) is 11.8 Å². The molecule has 0 saturated heterocycles. The zero-order chi connectivity index (χ0) is 12.8. The van der Waals surface area contributed by atoms with Gasteiger partial charge in [-0.25, -0.2) is 0 Å². The molecule has 0 aliphatic carbocycles. The summed E-state index contributed by atoms with van der Waals surface area (Å²) in [5.41, 5.74) is 0. The summed E-state index contributed by atoms with van der Waals surface area (Å²) < 4.78 is 10.6. The van der Waals surface area contributed by atoms with Crippen molar-refractivity contribution in [2.24, 2.45) is 0 Å². The highest BCUT2D eigenvalue weighted by Crippen LogP contribution is 1.87. The summed E-state index contributed by atoms with van der Waals surface area (Å²) >= 11 is 0. The second kappa shape index (κ2) is 13.2. The van der Waals surface area contributed by atoms with Crippen molar-refractivity contribution in [3.63, 3.8) is 0 Å². The van der Waals surface area contributed by atoms with Crippen molar-refractivity contribution < 1.29 is 14.3 Å². The molecule has 0 aromatic rings. The Balaban J connectivity index is 3.07. The molecular weight excluding hydrogens is 218 g/mol. The summed E-state index contributed by atoms with van der Waals surface area (Å²) in [5, 5.41) is 3.02. The summed E-state index contributed by atoms with van der Waals surface area (Å²) in [7, 11) is 0. The van der Waals surface area contributed by atoms with Gasteiger partial charge in [0.2, 0.25) is 5.78 Å². The Kier molecular flexibility index (Phi) is 12.5. The van der Waals surface area contributed by atoms with Crippen LogP contribution in [0.1, 0.15) is 26.7 Å². The van der Waals surface area contributed by atoms with Crippen molar-refractivity contribution in [1.82, 2.24) is 5.32 Å². The minimum atomic E-state index is -0.0647. The number of ether oxygens (including phenoxy) is 2. The van der Waals surface area contributed by atoms with E-state index in [4.69, 9.17) is 9.47 Å². The molecule has 0 bridgehead atoms. The Morgan fingerprint density at radius 2 is 1.88 bits per heavy atom. The Labute approximate surface area is 104 Å². The maximum atomic E-state index is 11.0. The molecule has 0 aliphatic heterocycles. The molecule has 0 amide bonds. The van der Waals surface area contributed by atoms with Crippen LogP contribution in [0.4, 0.5) is 0 Å². The first-order chi connectivity index (χ1) is 8.31. The third-order valence-electron chi connectivity index (χ3n) is 1.97. The molecule has 4 nitrogen and oxygen atoms in total. The summed E-state index contributed by atoms with van der Waals surface area (Å²) in [4.78, 5) is 11.0. The summed E-state index contributed by atoms with van der Waals surface area (Å²) in [6.07, 6.45) is 1.84. The zero-order valence-corrected chi connectivity index (χ0v) is 10.9. The number of hydrogen-bond acceptors (Lipinski definition) is 4. The van der Waals surface area contributed by atoms with E-state index in [1.54, 1.807) is 6.92 Å². The number of hydrogen-bond donors (Lipinski definition) is 1. The molecule has 0 unspecified atom stereocenters. The molecule has 0 radical (unpaired) electrons. The molecule has 98 valence electrons. The predicted octanol–water partition coefficient (Wildman–Crippen LogP) is 1.00. The number of carbonyl (C=O) groups is 1. The van der Waals surface area contributed by atoms with Crippen LogP contribution in [0.3, 0.4) is 0 Å². The van der Waals surface area contributed by atoms with Crippen LogP contribution in [-0.4, -0.2) is 45.3 Å². The highest BCUT2D eigenvalue weighted by atomic mass is 16.5. The van der Waals surface area contributed by atoms with Gasteiger partial charge in [0.25, 0.3) is 0 Å². The van der Waals surface area contributed by atoms with Gasteiger partial charge < -0.3 is 14.8 Å². The molecule has 0 atom stereocenters. The van der Waals surface area contributed by atoms with Crippen LogP contribution in [0.2, 0.25) is 0 Å². The van der Waals surface area contributed by atoms with Crippen LogP contribution in [0.25, 0.3) is 0 Å². The Bertz CT molecular complexity index is 243. The smallest absolute Gasteiger partial charge is 0.219 e. The monoisotopic (exact) mass is 241 g/mol. The summed E-state index contributed by atoms with van der Waals surface area (Å²) in [5.74, 6) is 4.99. The SMILES string of the molecule is CC#CC(=O)CNCCCOCCCOCC. The minimum absolute atomic E-state index is 0.0647. The zero-order valence-electron chi connectivity index (χ0n) is 10.9. The van der Waals surface area contributed by atoms with Gasteiger partial charge >= 0.3 is 0 Å². The van der Waals surface area contributed by atoms with Gasteiger partial charge in [-0.05, 0) is 39.2 Å². The van der Waals surface area contributed by atoms with E-state index < -0.39 is 0 Å². The Morgan fingerprint density at radius 1 is 1.18 bits per heavy atom. The molecule has 4 heteroatoms. The molecular formula is C13H23NO3. The number of carbonyl (C=O) groups excluding carboxylic acids is 1. The molecule has 0 heterocycles. The first kappa shape index (κ1) is 16.1. The van der Waals surface area contributed by atoms with Crippen LogP contribution >= 0.6 is 0 Å². The van der Waals surface area contributed by atoms with Gasteiger partial charge in [-0.2, -0.15) is 0 Å². The van der Waals surface area contributed by atoms with Crippen molar-refractivity contribution in [2.45, 2.75) is 26.7 Å². The largest absolute Gasteiger partial charge is 0.382 e. The normalized spacial score (nSPS) is 9.76. The summed E-state index contributed by atoms with van der Waals surface area (Å²) in [6, 6.07) is 0. The first-order valence-corrected chi connectivity index (χ1v) is 6.13. The van der Waals surface area contributed by atoms with E-state index in [1.807, 2.05) is 6.92 Å². The van der Waals surface area contributed by atoms with Crippen molar-refractivity contribution in [2.75, 3.05) is 39.5 Å². The lowest BCUT2D eigenvalue weighted by Gasteiger charge is -2.04. The third kappa shape index (κ3) is 13.0. The molecule has 17 heavy (non-hydrogen) atoms. The fourth-order valence-electron chi connectivity index (χ4n) is 1.19. The number of Topliss-reactive ketones (excluding diaryl/α,β-unsaturated/α-hetero) is 1.